The van der Waals surface area contributed by atoms with Gasteiger partial charge in [-0.3, -0.25) is 0 Å². The summed E-state index contributed by atoms with van der Waals surface area (Å²) >= 11 is 23.2. The van der Waals surface area contributed by atoms with Crippen LogP contribution in [0.1, 0.15) is 6.42 Å². The first-order valence-corrected chi connectivity index (χ1v) is 7.83. The van der Waals surface area contributed by atoms with E-state index in [0.29, 0.717) is 47.5 Å². The molecular weight excluding hydrogens is 374 g/mol. The Morgan fingerprint density at radius 2 is 1.73 bits per heavy atom. The van der Waals surface area contributed by atoms with Gasteiger partial charge in [0.25, 0.3) is 0 Å². The van der Waals surface area contributed by atoms with Crippen molar-refractivity contribution in [3.63, 3.8) is 0 Å². The van der Waals surface area contributed by atoms with Gasteiger partial charge in [-0.2, -0.15) is 0 Å². The third-order valence-corrected chi connectivity index (χ3v) is 3.19. The first-order chi connectivity index (χ1) is 10.5. The number of hydrogen-bond donors (Lipinski definition) is 0. The number of carbonyl (C=O) groups excluding carboxylic acids is 1. The van der Waals surface area contributed by atoms with Crippen molar-refractivity contribution in [3.05, 3.63) is 32.7 Å². The summed E-state index contributed by atoms with van der Waals surface area (Å²) in [5.41, 5.74) is 0. The van der Waals surface area contributed by atoms with E-state index in [1.54, 1.807) is 12.1 Å². The molecule has 1 aromatic carbocycles. The first-order valence-electron chi connectivity index (χ1n) is 6.31. The van der Waals surface area contributed by atoms with Crippen molar-refractivity contribution in [2.75, 3.05) is 26.4 Å². The standard InChI is InChI=1S/C14H14Cl4O4/c15-11-8-10(21-6-2-13(17)18)9-12(16)14(11)22-5-1-4-20-7-3-19/h2-3,8-9H,1,4-7H2. The van der Waals surface area contributed by atoms with Crippen LogP contribution < -0.4 is 9.47 Å². The fraction of sp³-hybridized carbons (Fsp3) is 0.357. The molecule has 0 N–H and O–H groups in total. The van der Waals surface area contributed by atoms with Crippen LogP contribution in [-0.4, -0.2) is 32.7 Å². The van der Waals surface area contributed by atoms with Gasteiger partial charge < -0.3 is 19.0 Å². The van der Waals surface area contributed by atoms with E-state index in [0.717, 1.165) is 0 Å². The van der Waals surface area contributed by atoms with E-state index in [9.17, 15) is 4.79 Å². The van der Waals surface area contributed by atoms with Crippen LogP contribution in [0.2, 0.25) is 10.0 Å². The average molecular weight is 388 g/mol. The lowest BCUT2D eigenvalue weighted by molar-refractivity contribution is -0.111. The minimum atomic E-state index is 0.0777. The Labute approximate surface area is 148 Å². The Kier molecular flexibility index (Phi) is 9.68. The van der Waals surface area contributed by atoms with Crippen molar-refractivity contribution >= 4 is 52.7 Å². The van der Waals surface area contributed by atoms with E-state index < -0.39 is 0 Å². The smallest absolute Gasteiger partial charge is 0.156 e. The van der Waals surface area contributed by atoms with E-state index >= 15 is 0 Å². The van der Waals surface area contributed by atoms with E-state index in [1.165, 1.54) is 6.08 Å². The molecule has 0 aliphatic heterocycles. The summed E-state index contributed by atoms with van der Waals surface area (Å²) in [7, 11) is 0. The normalized spacial score (nSPS) is 10.2. The third kappa shape index (κ3) is 7.56. The highest BCUT2D eigenvalue weighted by Gasteiger charge is 2.10. The summed E-state index contributed by atoms with van der Waals surface area (Å²) in [4.78, 5) is 10.1. The summed E-state index contributed by atoms with van der Waals surface area (Å²) in [5.74, 6) is 0.847. The zero-order chi connectivity index (χ0) is 16.4. The minimum absolute atomic E-state index is 0.0777. The molecule has 4 nitrogen and oxygen atoms in total. The molecule has 122 valence electrons. The van der Waals surface area contributed by atoms with Crippen molar-refractivity contribution < 1.29 is 19.0 Å². The predicted octanol–water partition coefficient (Wildman–Crippen LogP) is 4.68. The van der Waals surface area contributed by atoms with Gasteiger partial charge in [-0.1, -0.05) is 46.4 Å². The molecule has 0 saturated heterocycles. The molecule has 1 rings (SSSR count). The first kappa shape index (κ1) is 19.4. The molecule has 0 spiro atoms. The van der Waals surface area contributed by atoms with Crippen LogP contribution in [0.15, 0.2) is 22.7 Å². The minimum Gasteiger partial charge on any atom is -0.490 e. The van der Waals surface area contributed by atoms with Crippen molar-refractivity contribution in [3.8, 4) is 11.5 Å². The molecule has 0 aliphatic carbocycles. The highest BCUT2D eigenvalue weighted by atomic mass is 35.5. The van der Waals surface area contributed by atoms with Crippen LogP contribution in [0.25, 0.3) is 0 Å². The van der Waals surface area contributed by atoms with Gasteiger partial charge in [0.05, 0.1) is 23.3 Å². The molecule has 0 fully saturated rings. The van der Waals surface area contributed by atoms with Crippen LogP contribution in [0.5, 0.6) is 11.5 Å². The van der Waals surface area contributed by atoms with Gasteiger partial charge in [0, 0.05) is 18.6 Å². The van der Waals surface area contributed by atoms with E-state index in [4.69, 9.17) is 60.6 Å². The highest BCUT2D eigenvalue weighted by molar-refractivity contribution is 6.55. The zero-order valence-electron chi connectivity index (χ0n) is 11.5. The molecule has 0 aromatic heterocycles. The molecule has 0 aliphatic rings. The topological polar surface area (TPSA) is 44.8 Å². The Morgan fingerprint density at radius 1 is 1.05 bits per heavy atom. The Bertz CT molecular complexity index is 493. The van der Waals surface area contributed by atoms with Crippen LogP contribution in [0, 0.1) is 0 Å². The number of hydrogen-bond acceptors (Lipinski definition) is 4. The fourth-order valence-corrected chi connectivity index (χ4v) is 2.13. The van der Waals surface area contributed by atoms with Crippen LogP contribution in [-0.2, 0) is 9.53 Å². The zero-order valence-corrected chi connectivity index (χ0v) is 14.5. The fourth-order valence-electron chi connectivity index (χ4n) is 1.43. The third-order valence-electron chi connectivity index (χ3n) is 2.32. The number of rotatable bonds is 10. The van der Waals surface area contributed by atoms with Crippen LogP contribution >= 0.6 is 46.4 Å². The quantitative estimate of drug-likeness (QED) is 0.432. The maximum Gasteiger partial charge on any atom is 0.156 e. The lowest BCUT2D eigenvalue weighted by Gasteiger charge is -2.12. The second kappa shape index (κ2) is 11.0. The summed E-state index contributed by atoms with van der Waals surface area (Å²) in [6, 6.07) is 3.17. The number of halogens is 4. The SMILES string of the molecule is O=CCOCCCOc1c(Cl)cc(OCC=C(Cl)Cl)cc1Cl. The van der Waals surface area contributed by atoms with E-state index in [1.807, 2.05) is 0 Å². The van der Waals surface area contributed by atoms with Gasteiger partial charge in [-0.25, -0.2) is 0 Å². The second-order valence-corrected chi connectivity index (χ2v) is 5.79. The van der Waals surface area contributed by atoms with Gasteiger partial charge >= 0.3 is 0 Å². The lowest BCUT2D eigenvalue weighted by Crippen LogP contribution is -2.05. The van der Waals surface area contributed by atoms with Crippen molar-refractivity contribution in [1.29, 1.82) is 0 Å². The molecule has 0 atom stereocenters. The largest absolute Gasteiger partial charge is 0.490 e. The summed E-state index contributed by atoms with van der Waals surface area (Å²) in [6.07, 6.45) is 2.80. The maximum atomic E-state index is 10.1. The van der Waals surface area contributed by atoms with Crippen LogP contribution in [0.4, 0.5) is 0 Å². The van der Waals surface area contributed by atoms with E-state index in [-0.39, 0.29) is 17.7 Å². The van der Waals surface area contributed by atoms with Gasteiger partial charge in [0.2, 0.25) is 0 Å². The van der Waals surface area contributed by atoms with Gasteiger partial charge in [-0.15, -0.1) is 0 Å². The van der Waals surface area contributed by atoms with Crippen molar-refractivity contribution in [1.82, 2.24) is 0 Å². The second-order valence-electron chi connectivity index (χ2n) is 3.96. The molecular formula is C14H14Cl4O4. The molecule has 8 heteroatoms. The molecule has 1 aromatic rings. The molecule has 0 bridgehead atoms. The summed E-state index contributed by atoms with van der Waals surface area (Å²) in [6.45, 7) is 1.06. The van der Waals surface area contributed by atoms with Crippen LogP contribution in [0.3, 0.4) is 0 Å². The Morgan fingerprint density at radius 3 is 2.32 bits per heavy atom. The lowest BCUT2D eigenvalue weighted by atomic mass is 10.3. The monoisotopic (exact) mass is 386 g/mol. The Hall–Kier alpha value is -0.650. The molecule has 0 radical (unpaired) electrons. The molecule has 0 saturated carbocycles. The summed E-state index contributed by atoms with van der Waals surface area (Å²) in [5, 5.41) is 0.662. The molecule has 0 unspecified atom stereocenters. The summed E-state index contributed by atoms with van der Waals surface area (Å²) < 4.78 is 16.0. The van der Waals surface area contributed by atoms with Crippen molar-refractivity contribution in [2.24, 2.45) is 0 Å². The highest BCUT2D eigenvalue weighted by Crippen LogP contribution is 2.37. The number of carbonyl (C=O) groups is 1. The average Bonchev–Trinajstić information content (AvgIpc) is 2.44. The number of ether oxygens (including phenoxy) is 3. The number of aldehydes is 1. The van der Waals surface area contributed by atoms with Crippen molar-refractivity contribution in [2.45, 2.75) is 6.42 Å². The molecule has 22 heavy (non-hydrogen) atoms. The van der Waals surface area contributed by atoms with Gasteiger partial charge in [-0.05, 0) is 6.08 Å². The van der Waals surface area contributed by atoms with E-state index in [2.05, 4.69) is 0 Å². The maximum absolute atomic E-state index is 10.1. The Balaban J connectivity index is 2.51. The number of benzene rings is 1. The van der Waals surface area contributed by atoms with Gasteiger partial charge in [0.1, 0.15) is 29.7 Å². The molecule has 0 amide bonds. The predicted molar refractivity (Wildman–Crippen MR) is 88.7 cm³/mol. The van der Waals surface area contributed by atoms with Gasteiger partial charge in [0.15, 0.2) is 5.75 Å². The molecule has 0 heterocycles.